The van der Waals surface area contributed by atoms with Crippen LogP contribution in [0.1, 0.15) is 11.1 Å². The van der Waals surface area contributed by atoms with E-state index in [0.29, 0.717) is 5.56 Å². The molecule has 0 spiro atoms. The molecule has 0 aromatic heterocycles. The van der Waals surface area contributed by atoms with Crippen molar-refractivity contribution in [2.24, 2.45) is 0 Å². The van der Waals surface area contributed by atoms with E-state index in [0.717, 1.165) is 6.08 Å². The van der Waals surface area contributed by atoms with Crippen LogP contribution in [0.5, 0.6) is 0 Å². The molecule has 0 radical (unpaired) electrons. The lowest BCUT2D eigenvalue weighted by Gasteiger charge is -2.03. The molecular formula is C16H11ClFNO4. The van der Waals surface area contributed by atoms with E-state index in [9.17, 15) is 19.3 Å². The molecule has 0 aliphatic heterocycles. The average Bonchev–Trinajstić information content (AvgIpc) is 2.53. The van der Waals surface area contributed by atoms with Gasteiger partial charge in [0.05, 0.1) is 9.95 Å². The van der Waals surface area contributed by atoms with Crippen LogP contribution in [0, 0.1) is 15.9 Å². The Hall–Kier alpha value is -2.73. The van der Waals surface area contributed by atoms with Crippen LogP contribution in [0.4, 0.5) is 10.1 Å². The lowest BCUT2D eigenvalue weighted by molar-refractivity contribution is -0.384. The second-order valence-electron chi connectivity index (χ2n) is 4.50. The van der Waals surface area contributed by atoms with E-state index < -0.39 is 16.7 Å². The number of carbonyl (C=O) groups excluding carboxylic acids is 1. The van der Waals surface area contributed by atoms with Gasteiger partial charge in [0.15, 0.2) is 0 Å². The van der Waals surface area contributed by atoms with Crippen molar-refractivity contribution in [1.82, 2.24) is 0 Å². The molecule has 2 aromatic carbocycles. The zero-order valence-corrected chi connectivity index (χ0v) is 12.5. The quantitative estimate of drug-likeness (QED) is 0.356. The third kappa shape index (κ3) is 4.62. The van der Waals surface area contributed by atoms with Gasteiger partial charge in [-0.2, -0.15) is 0 Å². The van der Waals surface area contributed by atoms with Crippen LogP contribution in [-0.2, 0) is 16.1 Å². The van der Waals surface area contributed by atoms with Crippen molar-refractivity contribution < 1.29 is 18.8 Å². The second kappa shape index (κ2) is 7.51. The van der Waals surface area contributed by atoms with Crippen molar-refractivity contribution >= 4 is 29.3 Å². The molecule has 0 N–H and O–H groups in total. The number of nitro benzene ring substituents is 1. The number of nitrogens with zero attached hydrogens (tertiary/aromatic N) is 1. The van der Waals surface area contributed by atoms with Crippen molar-refractivity contribution in [1.29, 1.82) is 0 Å². The van der Waals surface area contributed by atoms with Gasteiger partial charge in [0.1, 0.15) is 12.4 Å². The fourth-order valence-corrected chi connectivity index (χ4v) is 1.96. The van der Waals surface area contributed by atoms with E-state index in [2.05, 4.69) is 0 Å². The lowest BCUT2D eigenvalue weighted by Crippen LogP contribution is -2.01. The number of halogens is 2. The molecule has 0 saturated heterocycles. The Bertz CT molecular complexity index is 739. The molecule has 2 rings (SSSR count). The fourth-order valence-electron chi connectivity index (χ4n) is 1.74. The minimum absolute atomic E-state index is 0.0471. The van der Waals surface area contributed by atoms with Crippen LogP contribution in [-0.4, -0.2) is 10.9 Å². The molecule has 2 aromatic rings. The van der Waals surface area contributed by atoms with Crippen LogP contribution in [0.25, 0.3) is 6.08 Å². The van der Waals surface area contributed by atoms with Gasteiger partial charge in [0, 0.05) is 23.8 Å². The summed E-state index contributed by atoms with van der Waals surface area (Å²) in [5.74, 6) is -1.22. The van der Waals surface area contributed by atoms with Gasteiger partial charge in [0.2, 0.25) is 0 Å². The SMILES string of the molecule is O=C(/C=C/c1c(F)cccc1Cl)OCc1ccc([N+](=O)[O-])cc1. The smallest absolute Gasteiger partial charge is 0.331 e. The third-order valence-electron chi connectivity index (χ3n) is 2.91. The molecule has 0 fully saturated rings. The molecule has 0 amide bonds. The predicted molar refractivity (Wildman–Crippen MR) is 83.3 cm³/mol. The number of hydrogen-bond donors (Lipinski definition) is 0. The van der Waals surface area contributed by atoms with E-state index in [-0.39, 0.29) is 22.9 Å². The van der Waals surface area contributed by atoms with Crippen LogP contribution in [0.2, 0.25) is 5.02 Å². The highest BCUT2D eigenvalue weighted by Gasteiger charge is 2.06. The summed E-state index contributed by atoms with van der Waals surface area (Å²) in [5.41, 5.74) is 0.650. The van der Waals surface area contributed by atoms with Gasteiger partial charge in [-0.3, -0.25) is 10.1 Å². The zero-order valence-electron chi connectivity index (χ0n) is 11.7. The Kier molecular flexibility index (Phi) is 5.43. The summed E-state index contributed by atoms with van der Waals surface area (Å²) in [7, 11) is 0. The zero-order chi connectivity index (χ0) is 16.8. The van der Waals surface area contributed by atoms with Gasteiger partial charge in [-0.15, -0.1) is 0 Å². The lowest BCUT2D eigenvalue weighted by atomic mass is 10.2. The van der Waals surface area contributed by atoms with Gasteiger partial charge in [-0.05, 0) is 35.9 Å². The number of carbonyl (C=O) groups is 1. The first-order valence-electron chi connectivity index (χ1n) is 6.49. The van der Waals surface area contributed by atoms with Crippen LogP contribution >= 0.6 is 11.6 Å². The highest BCUT2D eigenvalue weighted by Crippen LogP contribution is 2.20. The second-order valence-corrected chi connectivity index (χ2v) is 4.91. The Balaban J connectivity index is 1.95. The summed E-state index contributed by atoms with van der Waals surface area (Å²) in [5, 5.41) is 10.7. The summed E-state index contributed by atoms with van der Waals surface area (Å²) in [6.07, 6.45) is 2.30. The van der Waals surface area contributed by atoms with E-state index in [4.69, 9.17) is 16.3 Å². The molecule has 0 bridgehead atoms. The number of ether oxygens (including phenoxy) is 1. The molecule has 0 saturated carbocycles. The van der Waals surface area contributed by atoms with Crippen molar-refractivity contribution in [3.8, 4) is 0 Å². The summed E-state index contributed by atoms with van der Waals surface area (Å²) in [6, 6.07) is 9.81. The first kappa shape index (κ1) is 16.6. The highest BCUT2D eigenvalue weighted by atomic mass is 35.5. The standard InChI is InChI=1S/C16H11ClFNO4/c17-14-2-1-3-15(18)13(14)8-9-16(20)23-10-11-4-6-12(7-5-11)19(21)22/h1-9H,10H2/b9-8+. The number of nitro groups is 1. The third-order valence-corrected chi connectivity index (χ3v) is 3.24. The molecule has 0 atom stereocenters. The molecule has 7 heteroatoms. The number of esters is 1. The molecular weight excluding hydrogens is 325 g/mol. The fraction of sp³-hybridized carbons (Fsp3) is 0.0625. The number of rotatable bonds is 5. The Morgan fingerprint density at radius 2 is 1.96 bits per heavy atom. The Morgan fingerprint density at radius 3 is 2.57 bits per heavy atom. The molecule has 0 aliphatic carbocycles. The van der Waals surface area contributed by atoms with E-state index in [1.807, 2.05) is 0 Å². The molecule has 0 heterocycles. The van der Waals surface area contributed by atoms with Gasteiger partial charge < -0.3 is 4.74 Å². The summed E-state index contributed by atoms with van der Waals surface area (Å²) in [4.78, 5) is 21.6. The summed E-state index contributed by atoms with van der Waals surface area (Å²) < 4.78 is 18.5. The number of hydrogen-bond acceptors (Lipinski definition) is 4. The van der Waals surface area contributed by atoms with E-state index in [1.54, 1.807) is 0 Å². The minimum atomic E-state index is -0.678. The van der Waals surface area contributed by atoms with Gasteiger partial charge in [-0.1, -0.05) is 17.7 Å². The van der Waals surface area contributed by atoms with Gasteiger partial charge >= 0.3 is 5.97 Å². The number of benzene rings is 2. The van der Waals surface area contributed by atoms with Gasteiger partial charge in [-0.25, -0.2) is 9.18 Å². The molecule has 5 nitrogen and oxygen atoms in total. The minimum Gasteiger partial charge on any atom is -0.458 e. The Labute approximate surface area is 136 Å². The number of non-ortho nitro benzene ring substituents is 1. The normalized spacial score (nSPS) is 10.7. The maximum absolute atomic E-state index is 13.5. The summed E-state index contributed by atoms with van der Waals surface area (Å²) >= 11 is 5.83. The first-order valence-corrected chi connectivity index (χ1v) is 6.87. The maximum Gasteiger partial charge on any atom is 0.331 e. The monoisotopic (exact) mass is 335 g/mol. The summed E-state index contributed by atoms with van der Waals surface area (Å²) in [6.45, 7) is -0.0494. The van der Waals surface area contributed by atoms with Crippen molar-refractivity contribution in [2.75, 3.05) is 0 Å². The van der Waals surface area contributed by atoms with E-state index >= 15 is 0 Å². The Morgan fingerprint density at radius 1 is 1.26 bits per heavy atom. The van der Waals surface area contributed by atoms with E-state index in [1.165, 1.54) is 48.5 Å². The molecule has 0 aliphatic rings. The van der Waals surface area contributed by atoms with Crippen LogP contribution in [0.15, 0.2) is 48.5 Å². The molecule has 118 valence electrons. The maximum atomic E-state index is 13.5. The van der Waals surface area contributed by atoms with Crippen LogP contribution in [0.3, 0.4) is 0 Å². The highest BCUT2D eigenvalue weighted by molar-refractivity contribution is 6.32. The molecule has 0 unspecified atom stereocenters. The average molecular weight is 336 g/mol. The predicted octanol–water partition coefficient (Wildman–Crippen LogP) is 4.14. The molecule has 23 heavy (non-hydrogen) atoms. The first-order chi connectivity index (χ1) is 11.0. The van der Waals surface area contributed by atoms with Crippen molar-refractivity contribution in [3.63, 3.8) is 0 Å². The van der Waals surface area contributed by atoms with Crippen LogP contribution < -0.4 is 0 Å². The largest absolute Gasteiger partial charge is 0.458 e. The van der Waals surface area contributed by atoms with Crippen molar-refractivity contribution in [3.05, 3.63) is 80.6 Å². The van der Waals surface area contributed by atoms with Gasteiger partial charge in [0.25, 0.3) is 5.69 Å². The van der Waals surface area contributed by atoms with Crippen molar-refractivity contribution in [2.45, 2.75) is 6.61 Å². The topological polar surface area (TPSA) is 69.4 Å².